The number of aliphatic carboxylic acids is 1. The van der Waals surface area contributed by atoms with E-state index in [-0.39, 0.29) is 0 Å². The summed E-state index contributed by atoms with van der Waals surface area (Å²) in [6, 6.07) is 1.000. The molecule has 2 saturated heterocycles. The van der Waals surface area contributed by atoms with Crippen LogP contribution in [0.4, 0.5) is 0 Å². The van der Waals surface area contributed by atoms with Crippen molar-refractivity contribution in [3.05, 3.63) is 5.82 Å². The second kappa shape index (κ2) is 6.09. The Morgan fingerprint density at radius 3 is 2.67 bits per heavy atom. The molecule has 0 aromatic carbocycles. The van der Waals surface area contributed by atoms with Crippen molar-refractivity contribution in [2.45, 2.75) is 70.6 Å². The van der Waals surface area contributed by atoms with Crippen LogP contribution in [0.25, 0.3) is 0 Å². The van der Waals surface area contributed by atoms with Crippen LogP contribution in [0, 0.1) is 5.92 Å². The number of tetrazole rings is 1. The first kappa shape index (κ1) is 14.4. The fourth-order valence-electron chi connectivity index (χ4n) is 3.94. The van der Waals surface area contributed by atoms with Gasteiger partial charge in [0.05, 0.1) is 6.54 Å². The first-order valence-corrected chi connectivity index (χ1v) is 7.90. The van der Waals surface area contributed by atoms with Gasteiger partial charge in [0, 0.05) is 25.0 Å². The van der Waals surface area contributed by atoms with Gasteiger partial charge in [-0.1, -0.05) is 6.92 Å². The predicted molar refractivity (Wildman–Crippen MR) is 75.4 cm³/mol. The number of aryl methyl sites for hydroxylation is 1. The van der Waals surface area contributed by atoms with Crippen molar-refractivity contribution in [3.8, 4) is 0 Å². The highest BCUT2D eigenvalue weighted by Crippen LogP contribution is 2.40. The van der Waals surface area contributed by atoms with Crippen LogP contribution < -0.4 is 0 Å². The third kappa shape index (κ3) is 3.07. The number of nitrogens with zero attached hydrogens (tertiary/aromatic N) is 5. The minimum Gasteiger partial charge on any atom is -0.481 e. The Morgan fingerprint density at radius 2 is 2.05 bits per heavy atom. The predicted octanol–water partition coefficient (Wildman–Crippen LogP) is 1.30. The largest absolute Gasteiger partial charge is 0.481 e. The smallest absolute Gasteiger partial charge is 0.303 e. The van der Waals surface area contributed by atoms with Crippen LogP contribution in [-0.2, 0) is 17.9 Å². The van der Waals surface area contributed by atoms with Gasteiger partial charge in [0.2, 0.25) is 0 Å². The van der Waals surface area contributed by atoms with Crippen LogP contribution in [0.3, 0.4) is 0 Å². The molecule has 0 aliphatic carbocycles. The molecule has 2 atom stereocenters. The average Bonchev–Trinajstić information content (AvgIpc) is 2.94. The zero-order chi connectivity index (χ0) is 14.8. The van der Waals surface area contributed by atoms with E-state index in [2.05, 4.69) is 27.3 Å². The second-order valence-electron chi connectivity index (χ2n) is 6.31. The molecule has 2 aliphatic heterocycles. The zero-order valence-corrected chi connectivity index (χ0v) is 12.5. The summed E-state index contributed by atoms with van der Waals surface area (Å²) < 4.78 is 1.89. The highest BCUT2D eigenvalue weighted by Gasteiger charge is 2.41. The van der Waals surface area contributed by atoms with E-state index >= 15 is 0 Å². The maximum Gasteiger partial charge on any atom is 0.303 e. The minimum atomic E-state index is -0.667. The van der Waals surface area contributed by atoms with Crippen LogP contribution in [0.2, 0.25) is 0 Å². The summed E-state index contributed by atoms with van der Waals surface area (Å²) in [6.45, 7) is 3.77. The van der Waals surface area contributed by atoms with Gasteiger partial charge in [-0.15, -0.1) is 5.10 Å². The van der Waals surface area contributed by atoms with E-state index in [1.54, 1.807) is 0 Å². The lowest BCUT2D eigenvalue weighted by atomic mass is 9.88. The first-order chi connectivity index (χ1) is 10.2. The Kier molecular flexibility index (Phi) is 4.19. The van der Waals surface area contributed by atoms with E-state index in [9.17, 15) is 4.79 Å². The van der Waals surface area contributed by atoms with E-state index in [0.717, 1.165) is 38.2 Å². The fourth-order valence-corrected chi connectivity index (χ4v) is 3.94. The molecule has 7 nitrogen and oxygen atoms in total. The molecule has 1 aromatic heterocycles. The summed E-state index contributed by atoms with van der Waals surface area (Å²) in [4.78, 5) is 13.4. The lowest BCUT2D eigenvalue weighted by Crippen LogP contribution is -2.43. The summed E-state index contributed by atoms with van der Waals surface area (Å²) in [7, 11) is 0. The molecule has 1 aromatic rings. The highest BCUT2D eigenvalue weighted by atomic mass is 16.4. The Morgan fingerprint density at radius 1 is 1.33 bits per heavy atom. The molecule has 0 spiro atoms. The summed E-state index contributed by atoms with van der Waals surface area (Å²) in [5.41, 5.74) is 0. The van der Waals surface area contributed by atoms with Crippen LogP contribution >= 0.6 is 0 Å². The van der Waals surface area contributed by atoms with Crippen molar-refractivity contribution in [1.82, 2.24) is 25.1 Å². The summed E-state index contributed by atoms with van der Waals surface area (Å²) in [5.74, 6) is 0.605. The van der Waals surface area contributed by atoms with Crippen molar-refractivity contribution < 1.29 is 9.90 Å². The van der Waals surface area contributed by atoms with E-state index in [1.807, 2.05) is 4.68 Å². The third-order valence-electron chi connectivity index (χ3n) is 4.81. The summed E-state index contributed by atoms with van der Waals surface area (Å²) >= 11 is 0. The number of rotatable bonds is 6. The molecule has 7 heteroatoms. The number of hydrogen-bond acceptors (Lipinski definition) is 5. The number of fused-ring (bicyclic) bond motifs is 2. The minimum absolute atomic E-state index is 0.314. The number of piperidine rings is 1. The quantitative estimate of drug-likeness (QED) is 0.851. The summed E-state index contributed by atoms with van der Waals surface area (Å²) in [5, 5.41) is 21.0. The molecule has 3 heterocycles. The molecular formula is C14H23N5O2. The number of carboxylic acid groups (broad SMARTS) is 1. The third-order valence-corrected chi connectivity index (χ3v) is 4.81. The lowest BCUT2D eigenvalue weighted by molar-refractivity contribution is -0.138. The fraction of sp³-hybridized carbons (Fsp3) is 0.857. The van der Waals surface area contributed by atoms with Crippen LogP contribution in [0.5, 0.6) is 0 Å². The van der Waals surface area contributed by atoms with Crippen molar-refractivity contribution in [2.75, 3.05) is 0 Å². The Balaban J connectivity index is 1.65. The first-order valence-electron chi connectivity index (χ1n) is 7.90. The van der Waals surface area contributed by atoms with Gasteiger partial charge in [-0.05, 0) is 48.4 Å². The zero-order valence-electron chi connectivity index (χ0n) is 12.5. The summed E-state index contributed by atoms with van der Waals surface area (Å²) in [6.07, 6.45) is 5.68. The van der Waals surface area contributed by atoms with E-state index < -0.39 is 5.97 Å². The van der Waals surface area contributed by atoms with Crippen molar-refractivity contribution in [3.63, 3.8) is 0 Å². The standard InChI is InChI=1S/C14H23N5O2/c1-2-5-19-13(15-16-17-19)9-18-11-3-4-12(18)7-10(6-11)8-14(20)21/h10-12H,2-9H2,1H3,(H,20,21). The molecular weight excluding hydrogens is 270 g/mol. The molecule has 2 bridgehead atoms. The van der Waals surface area contributed by atoms with E-state index in [4.69, 9.17) is 5.11 Å². The second-order valence-corrected chi connectivity index (χ2v) is 6.31. The Hall–Kier alpha value is -1.50. The molecule has 0 amide bonds. The van der Waals surface area contributed by atoms with Gasteiger partial charge in [-0.3, -0.25) is 9.69 Å². The highest BCUT2D eigenvalue weighted by molar-refractivity contribution is 5.67. The number of carbonyl (C=O) groups is 1. The van der Waals surface area contributed by atoms with Crippen LogP contribution in [-0.4, -0.2) is 48.3 Å². The van der Waals surface area contributed by atoms with Crippen LogP contribution in [0.1, 0.15) is 51.3 Å². The molecule has 21 heavy (non-hydrogen) atoms. The normalized spacial score (nSPS) is 28.9. The molecule has 116 valence electrons. The van der Waals surface area contributed by atoms with Gasteiger partial charge in [0.1, 0.15) is 0 Å². The molecule has 0 saturated carbocycles. The average molecular weight is 293 g/mol. The monoisotopic (exact) mass is 293 g/mol. The molecule has 2 unspecified atom stereocenters. The van der Waals surface area contributed by atoms with Gasteiger partial charge < -0.3 is 5.11 Å². The van der Waals surface area contributed by atoms with Gasteiger partial charge >= 0.3 is 5.97 Å². The maximum atomic E-state index is 10.9. The Labute approximate surface area is 124 Å². The van der Waals surface area contributed by atoms with E-state index in [0.29, 0.717) is 24.4 Å². The molecule has 0 radical (unpaired) electrons. The van der Waals surface area contributed by atoms with Gasteiger partial charge in [-0.25, -0.2) is 4.68 Å². The van der Waals surface area contributed by atoms with Crippen molar-refractivity contribution in [2.24, 2.45) is 5.92 Å². The Bertz CT molecular complexity index is 489. The molecule has 3 rings (SSSR count). The molecule has 1 N–H and O–H groups in total. The van der Waals surface area contributed by atoms with Crippen molar-refractivity contribution in [1.29, 1.82) is 0 Å². The molecule has 2 aliphatic rings. The molecule has 2 fully saturated rings. The maximum absolute atomic E-state index is 10.9. The lowest BCUT2D eigenvalue weighted by Gasteiger charge is -2.38. The number of aromatic nitrogens is 4. The SMILES string of the molecule is CCCn1nnnc1CN1C2CCC1CC(CC(=O)O)C2. The van der Waals surface area contributed by atoms with E-state index in [1.165, 1.54) is 12.8 Å². The number of hydrogen-bond donors (Lipinski definition) is 1. The number of carboxylic acids is 1. The van der Waals surface area contributed by atoms with Crippen LogP contribution in [0.15, 0.2) is 0 Å². The van der Waals surface area contributed by atoms with Gasteiger partial charge in [0.15, 0.2) is 5.82 Å². The van der Waals surface area contributed by atoms with Gasteiger partial charge in [-0.2, -0.15) is 0 Å². The topological polar surface area (TPSA) is 84.1 Å². The van der Waals surface area contributed by atoms with Gasteiger partial charge in [0.25, 0.3) is 0 Å². The van der Waals surface area contributed by atoms with Crippen molar-refractivity contribution >= 4 is 5.97 Å².